The summed E-state index contributed by atoms with van der Waals surface area (Å²) in [6, 6.07) is 11.6. The Hall–Kier alpha value is -2.23. The number of anilines is 1. The van der Waals surface area contributed by atoms with Gasteiger partial charge in [-0.25, -0.2) is 0 Å². The fourth-order valence-electron chi connectivity index (χ4n) is 3.04. The smallest absolute Gasteiger partial charge is 0.257 e. The third-order valence-corrected chi connectivity index (χ3v) is 4.55. The average molecular weight is 282 g/mol. The first-order chi connectivity index (χ1) is 10.1. The highest BCUT2D eigenvalue weighted by Crippen LogP contribution is 2.48. The van der Waals surface area contributed by atoms with Gasteiger partial charge in [0.05, 0.1) is 5.56 Å². The molecule has 2 aromatic rings. The molecule has 1 aromatic carbocycles. The van der Waals surface area contributed by atoms with E-state index in [0.717, 1.165) is 17.2 Å². The second kappa shape index (κ2) is 4.38. The lowest BCUT2D eigenvalue weighted by molar-refractivity contribution is 0.0718. The summed E-state index contributed by atoms with van der Waals surface area (Å²) in [5, 5.41) is 3.39. The normalized spacial score (nSPS) is 27.2. The zero-order chi connectivity index (χ0) is 14.6. The van der Waals surface area contributed by atoms with Crippen molar-refractivity contribution in [3.05, 3.63) is 53.5 Å². The molecule has 0 saturated heterocycles. The molecule has 4 heteroatoms. The number of para-hydroxylation sites is 1. The molecule has 3 atom stereocenters. The second-order valence-corrected chi connectivity index (χ2v) is 6.07. The molecule has 4 rings (SSSR count). The van der Waals surface area contributed by atoms with Crippen LogP contribution in [0.3, 0.4) is 0 Å². The molecule has 1 saturated carbocycles. The zero-order valence-electron chi connectivity index (χ0n) is 12.2. The summed E-state index contributed by atoms with van der Waals surface area (Å²) in [6.07, 6.45) is 0.957. The van der Waals surface area contributed by atoms with E-state index in [1.165, 1.54) is 6.42 Å². The summed E-state index contributed by atoms with van der Waals surface area (Å²) in [7, 11) is 1.80. The molecule has 0 spiro atoms. The minimum atomic E-state index is -0.241. The molecule has 0 radical (unpaired) electrons. The van der Waals surface area contributed by atoms with Gasteiger partial charge in [0, 0.05) is 18.7 Å². The summed E-state index contributed by atoms with van der Waals surface area (Å²) < 4.78 is 5.99. The molecule has 1 aliphatic heterocycles. The van der Waals surface area contributed by atoms with Crippen LogP contribution in [0, 0.1) is 5.92 Å². The van der Waals surface area contributed by atoms with Crippen molar-refractivity contribution in [3.63, 3.8) is 0 Å². The third kappa shape index (κ3) is 1.94. The number of nitrogens with zero attached hydrogens (tertiary/aromatic N) is 1. The highest BCUT2D eigenvalue weighted by molar-refractivity contribution is 6.01. The van der Waals surface area contributed by atoms with Gasteiger partial charge in [-0.2, -0.15) is 0 Å². The van der Waals surface area contributed by atoms with Crippen LogP contribution in [0.25, 0.3) is 0 Å². The van der Waals surface area contributed by atoms with Crippen LogP contribution in [0.15, 0.2) is 40.8 Å². The van der Waals surface area contributed by atoms with Gasteiger partial charge in [-0.1, -0.05) is 19.1 Å². The van der Waals surface area contributed by atoms with Crippen LogP contribution in [0.4, 0.5) is 5.69 Å². The van der Waals surface area contributed by atoms with Gasteiger partial charge >= 0.3 is 0 Å². The molecule has 108 valence electrons. The SMILES string of the molecule is C[C@@H]1C[C@H]1c1ccc([C@H]2Nc3ccccc3C(=O)N2C)o1. The van der Waals surface area contributed by atoms with Crippen LogP contribution in [-0.2, 0) is 0 Å². The van der Waals surface area contributed by atoms with Crippen molar-refractivity contribution in [2.45, 2.75) is 25.4 Å². The number of benzene rings is 1. The number of amides is 1. The van der Waals surface area contributed by atoms with Crippen LogP contribution >= 0.6 is 0 Å². The number of furan rings is 1. The number of hydrogen-bond acceptors (Lipinski definition) is 3. The molecule has 1 amide bonds. The van der Waals surface area contributed by atoms with E-state index in [0.29, 0.717) is 17.4 Å². The number of rotatable bonds is 2. The molecule has 21 heavy (non-hydrogen) atoms. The standard InChI is InChI=1S/C17H18N2O2/c1-10-9-12(10)14-7-8-15(21-14)16-18-13-6-4-3-5-11(13)17(20)19(16)2/h3-8,10,12,16,18H,9H2,1-2H3/t10-,12-,16+/m1/s1. The maximum atomic E-state index is 12.4. The van der Waals surface area contributed by atoms with Crippen LogP contribution in [-0.4, -0.2) is 17.9 Å². The first-order valence-corrected chi connectivity index (χ1v) is 7.37. The molecule has 4 nitrogen and oxygen atoms in total. The molecule has 1 aromatic heterocycles. The quantitative estimate of drug-likeness (QED) is 0.915. The number of hydrogen-bond donors (Lipinski definition) is 1. The van der Waals surface area contributed by atoms with E-state index in [1.54, 1.807) is 11.9 Å². The number of carbonyl (C=O) groups excluding carboxylic acids is 1. The second-order valence-electron chi connectivity index (χ2n) is 6.07. The van der Waals surface area contributed by atoms with E-state index >= 15 is 0 Å². The van der Waals surface area contributed by atoms with Gasteiger partial charge in [-0.3, -0.25) is 4.79 Å². The maximum Gasteiger partial charge on any atom is 0.257 e. The number of carbonyl (C=O) groups is 1. The fourth-order valence-corrected chi connectivity index (χ4v) is 3.04. The molecule has 1 aliphatic carbocycles. The Labute approximate surface area is 123 Å². The van der Waals surface area contributed by atoms with Gasteiger partial charge in [0.15, 0.2) is 6.17 Å². The molecule has 2 heterocycles. The van der Waals surface area contributed by atoms with Gasteiger partial charge in [0.25, 0.3) is 5.91 Å². The van der Waals surface area contributed by atoms with E-state index in [9.17, 15) is 4.79 Å². The Morgan fingerprint density at radius 2 is 1.90 bits per heavy atom. The molecular formula is C17H18N2O2. The van der Waals surface area contributed by atoms with E-state index in [-0.39, 0.29) is 12.1 Å². The molecule has 2 aliphatic rings. The summed E-state index contributed by atoms with van der Waals surface area (Å²) in [5.41, 5.74) is 1.57. The largest absolute Gasteiger partial charge is 0.462 e. The zero-order valence-corrected chi connectivity index (χ0v) is 12.2. The molecule has 0 unspecified atom stereocenters. The predicted molar refractivity (Wildman–Crippen MR) is 80.1 cm³/mol. The van der Waals surface area contributed by atoms with Gasteiger partial charge in [0.2, 0.25) is 0 Å². The van der Waals surface area contributed by atoms with Crippen molar-refractivity contribution in [2.24, 2.45) is 5.92 Å². The Kier molecular flexibility index (Phi) is 2.61. The maximum absolute atomic E-state index is 12.4. The number of nitrogens with one attached hydrogen (secondary N) is 1. The van der Waals surface area contributed by atoms with E-state index in [2.05, 4.69) is 12.2 Å². The molecule has 1 fully saturated rings. The Balaban J connectivity index is 1.66. The predicted octanol–water partition coefficient (Wildman–Crippen LogP) is 3.60. The van der Waals surface area contributed by atoms with Crippen molar-refractivity contribution in [1.82, 2.24) is 4.90 Å². The lowest BCUT2D eigenvalue weighted by atomic mass is 10.1. The van der Waals surface area contributed by atoms with Crippen molar-refractivity contribution in [3.8, 4) is 0 Å². The van der Waals surface area contributed by atoms with E-state index < -0.39 is 0 Å². The van der Waals surface area contributed by atoms with Gasteiger partial charge in [0.1, 0.15) is 11.5 Å². The summed E-state index contributed by atoms with van der Waals surface area (Å²) in [4.78, 5) is 14.1. The highest BCUT2D eigenvalue weighted by atomic mass is 16.3. The fraction of sp³-hybridized carbons (Fsp3) is 0.353. The molecule has 1 N–H and O–H groups in total. The minimum absolute atomic E-state index is 0.0205. The van der Waals surface area contributed by atoms with Crippen molar-refractivity contribution in [1.29, 1.82) is 0 Å². The van der Waals surface area contributed by atoms with Crippen LogP contribution in [0.5, 0.6) is 0 Å². The van der Waals surface area contributed by atoms with Crippen LogP contribution in [0.2, 0.25) is 0 Å². The summed E-state index contributed by atoms with van der Waals surface area (Å²) in [5.74, 6) is 3.12. The van der Waals surface area contributed by atoms with Gasteiger partial charge in [-0.15, -0.1) is 0 Å². The monoisotopic (exact) mass is 282 g/mol. The minimum Gasteiger partial charge on any atom is -0.462 e. The number of fused-ring (bicyclic) bond motifs is 1. The third-order valence-electron chi connectivity index (χ3n) is 4.55. The molecule has 0 bridgehead atoms. The van der Waals surface area contributed by atoms with Crippen LogP contribution in [0.1, 0.15) is 47.3 Å². The summed E-state index contributed by atoms with van der Waals surface area (Å²) in [6.45, 7) is 2.23. The average Bonchev–Trinajstić information content (AvgIpc) is 3.03. The first-order valence-electron chi connectivity index (χ1n) is 7.37. The lowest BCUT2D eigenvalue weighted by Gasteiger charge is -2.33. The Morgan fingerprint density at radius 3 is 2.67 bits per heavy atom. The molecular weight excluding hydrogens is 264 g/mol. The van der Waals surface area contributed by atoms with Gasteiger partial charge < -0.3 is 14.6 Å². The van der Waals surface area contributed by atoms with Crippen molar-refractivity contribution < 1.29 is 9.21 Å². The topological polar surface area (TPSA) is 45.5 Å². The van der Waals surface area contributed by atoms with E-state index in [4.69, 9.17) is 4.42 Å². The highest BCUT2D eigenvalue weighted by Gasteiger charge is 2.38. The van der Waals surface area contributed by atoms with E-state index in [1.807, 2.05) is 36.4 Å². The first kappa shape index (κ1) is 12.5. The summed E-state index contributed by atoms with van der Waals surface area (Å²) >= 11 is 0. The lowest BCUT2D eigenvalue weighted by Crippen LogP contribution is -2.39. The van der Waals surface area contributed by atoms with Crippen molar-refractivity contribution >= 4 is 11.6 Å². The Morgan fingerprint density at radius 1 is 1.19 bits per heavy atom. The van der Waals surface area contributed by atoms with Crippen molar-refractivity contribution in [2.75, 3.05) is 12.4 Å². The van der Waals surface area contributed by atoms with Gasteiger partial charge in [-0.05, 0) is 36.6 Å². The van der Waals surface area contributed by atoms with Crippen LogP contribution < -0.4 is 5.32 Å². The Bertz CT molecular complexity index is 706.